The highest BCUT2D eigenvalue weighted by atomic mass is 79.9. The number of rotatable bonds is 10. The molecule has 1 atom stereocenters. The van der Waals surface area contributed by atoms with Gasteiger partial charge in [0.1, 0.15) is 12.6 Å². The molecule has 0 fully saturated rings. The van der Waals surface area contributed by atoms with Crippen molar-refractivity contribution < 1.29 is 22.9 Å². The maximum Gasteiger partial charge on any atom is 0.271 e. The summed E-state index contributed by atoms with van der Waals surface area (Å²) >= 11 is 3.36. The van der Waals surface area contributed by atoms with Crippen molar-refractivity contribution in [3.05, 3.63) is 99.0 Å². The maximum atomic E-state index is 13.7. The fraction of sp³-hybridized carbons (Fsp3) is 0.200. The van der Waals surface area contributed by atoms with Crippen LogP contribution in [0.4, 0.5) is 11.4 Å². The Morgan fingerprint density at radius 3 is 2.27 bits per heavy atom. The largest absolute Gasteiger partial charge is 0.357 e. The van der Waals surface area contributed by atoms with Crippen LogP contribution in [-0.2, 0) is 26.2 Å². The van der Waals surface area contributed by atoms with E-state index in [0.29, 0.717) is 0 Å². The van der Waals surface area contributed by atoms with E-state index in [-0.39, 0.29) is 22.8 Å². The molecular formula is C25H25BrN4O6S. The van der Waals surface area contributed by atoms with Crippen LogP contribution < -0.4 is 9.62 Å². The molecule has 0 aliphatic carbocycles. The average Bonchev–Trinajstić information content (AvgIpc) is 2.90. The van der Waals surface area contributed by atoms with Crippen molar-refractivity contribution in [1.82, 2.24) is 10.2 Å². The first-order valence-electron chi connectivity index (χ1n) is 11.1. The molecule has 1 N–H and O–H groups in total. The first-order chi connectivity index (χ1) is 17.5. The molecular weight excluding hydrogens is 564 g/mol. The molecule has 0 saturated heterocycles. The number of hydrogen-bond acceptors (Lipinski definition) is 6. The van der Waals surface area contributed by atoms with Crippen molar-refractivity contribution in [2.45, 2.75) is 24.4 Å². The number of sulfonamides is 1. The lowest BCUT2D eigenvalue weighted by molar-refractivity contribution is -0.384. The molecule has 0 heterocycles. The number of nitrogens with zero attached hydrogens (tertiary/aromatic N) is 3. The van der Waals surface area contributed by atoms with E-state index < -0.39 is 39.3 Å². The SMILES string of the molecule is CNC(=O)C(C)N(Cc1ccc(Br)cc1)C(=O)CN(c1cccc([N+](=O)[O-])c1)S(=O)(=O)c1ccccc1. The van der Waals surface area contributed by atoms with Gasteiger partial charge < -0.3 is 10.2 Å². The van der Waals surface area contributed by atoms with E-state index >= 15 is 0 Å². The Hall–Kier alpha value is -3.77. The van der Waals surface area contributed by atoms with Crippen molar-refractivity contribution >= 4 is 49.1 Å². The maximum absolute atomic E-state index is 13.7. The topological polar surface area (TPSA) is 130 Å². The van der Waals surface area contributed by atoms with E-state index in [2.05, 4.69) is 21.2 Å². The number of carbonyl (C=O) groups excluding carboxylic acids is 2. The van der Waals surface area contributed by atoms with E-state index in [0.717, 1.165) is 20.4 Å². The van der Waals surface area contributed by atoms with Crippen molar-refractivity contribution in [2.24, 2.45) is 0 Å². The van der Waals surface area contributed by atoms with Crippen LogP contribution in [0, 0.1) is 10.1 Å². The molecule has 3 aromatic rings. The van der Waals surface area contributed by atoms with Gasteiger partial charge in [-0.15, -0.1) is 0 Å². The van der Waals surface area contributed by atoms with Gasteiger partial charge in [0.25, 0.3) is 15.7 Å². The third-order valence-corrected chi connectivity index (χ3v) is 7.94. The lowest BCUT2D eigenvalue weighted by atomic mass is 10.1. The van der Waals surface area contributed by atoms with E-state index in [9.17, 15) is 28.1 Å². The number of carbonyl (C=O) groups is 2. The minimum Gasteiger partial charge on any atom is -0.357 e. The Balaban J connectivity index is 2.06. The highest BCUT2D eigenvalue weighted by molar-refractivity contribution is 9.10. The van der Waals surface area contributed by atoms with Crippen LogP contribution in [0.5, 0.6) is 0 Å². The number of halogens is 1. The van der Waals surface area contributed by atoms with Crippen LogP contribution in [0.2, 0.25) is 0 Å². The van der Waals surface area contributed by atoms with Crippen LogP contribution in [0.25, 0.3) is 0 Å². The third-order valence-electron chi connectivity index (χ3n) is 5.62. The molecule has 3 aromatic carbocycles. The highest BCUT2D eigenvalue weighted by Crippen LogP contribution is 2.27. The van der Waals surface area contributed by atoms with Gasteiger partial charge in [0.2, 0.25) is 11.8 Å². The molecule has 0 aromatic heterocycles. The van der Waals surface area contributed by atoms with Crippen molar-refractivity contribution in [1.29, 1.82) is 0 Å². The Labute approximate surface area is 223 Å². The molecule has 2 amide bonds. The van der Waals surface area contributed by atoms with Gasteiger partial charge in [-0.3, -0.25) is 24.0 Å². The minimum atomic E-state index is -4.30. The summed E-state index contributed by atoms with van der Waals surface area (Å²) in [5, 5.41) is 13.9. The summed E-state index contributed by atoms with van der Waals surface area (Å²) in [5.74, 6) is -1.09. The molecule has 12 heteroatoms. The van der Waals surface area contributed by atoms with E-state index in [1.165, 1.54) is 54.4 Å². The summed E-state index contributed by atoms with van der Waals surface area (Å²) < 4.78 is 28.9. The summed E-state index contributed by atoms with van der Waals surface area (Å²) in [6.45, 7) is 0.893. The molecule has 3 rings (SSSR count). The third kappa shape index (κ3) is 6.71. The molecule has 0 spiro atoms. The average molecular weight is 589 g/mol. The van der Waals surface area contributed by atoms with Crippen LogP contribution in [0.1, 0.15) is 12.5 Å². The first-order valence-corrected chi connectivity index (χ1v) is 13.4. The van der Waals surface area contributed by atoms with Crippen molar-refractivity contribution in [2.75, 3.05) is 17.9 Å². The van der Waals surface area contributed by atoms with Crippen LogP contribution >= 0.6 is 15.9 Å². The number of anilines is 1. The molecule has 0 aliphatic heterocycles. The van der Waals surface area contributed by atoms with Gasteiger partial charge >= 0.3 is 0 Å². The molecule has 194 valence electrons. The fourth-order valence-electron chi connectivity index (χ4n) is 3.59. The second kappa shape index (κ2) is 12.0. The number of nitro benzene ring substituents is 1. The van der Waals surface area contributed by atoms with Crippen LogP contribution in [-0.4, -0.2) is 49.7 Å². The molecule has 0 saturated carbocycles. The van der Waals surface area contributed by atoms with Gasteiger partial charge in [-0.25, -0.2) is 8.42 Å². The molecule has 0 bridgehead atoms. The number of likely N-dealkylation sites (N-methyl/N-ethyl adjacent to an activating group) is 1. The zero-order chi connectivity index (χ0) is 27.2. The van der Waals surface area contributed by atoms with Gasteiger partial charge in [-0.2, -0.15) is 0 Å². The lowest BCUT2D eigenvalue weighted by Gasteiger charge is -2.31. The number of benzene rings is 3. The molecule has 37 heavy (non-hydrogen) atoms. The second-order valence-corrected chi connectivity index (χ2v) is 10.8. The van der Waals surface area contributed by atoms with E-state index in [1.54, 1.807) is 37.3 Å². The molecule has 10 nitrogen and oxygen atoms in total. The van der Waals surface area contributed by atoms with Gasteiger partial charge in [0.15, 0.2) is 0 Å². The molecule has 0 radical (unpaired) electrons. The number of hydrogen-bond donors (Lipinski definition) is 1. The predicted molar refractivity (Wildman–Crippen MR) is 142 cm³/mol. The summed E-state index contributed by atoms with van der Waals surface area (Å²) in [6, 6.07) is 18.7. The van der Waals surface area contributed by atoms with Crippen molar-refractivity contribution in [3.8, 4) is 0 Å². The predicted octanol–water partition coefficient (Wildman–Crippen LogP) is 3.72. The lowest BCUT2D eigenvalue weighted by Crippen LogP contribution is -2.50. The highest BCUT2D eigenvalue weighted by Gasteiger charge is 2.32. The van der Waals surface area contributed by atoms with E-state index in [1.807, 2.05) is 0 Å². The zero-order valence-electron chi connectivity index (χ0n) is 20.1. The van der Waals surface area contributed by atoms with Crippen LogP contribution in [0.15, 0.2) is 88.2 Å². The normalized spacial score (nSPS) is 11.9. The number of nitrogens with one attached hydrogen (secondary N) is 1. The Kier molecular flexibility index (Phi) is 9.00. The fourth-order valence-corrected chi connectivity index (χ4v) is 5.28. The quantitative estimate of drug-likeness (QED) is 0.284. The Bertz CT molecular complexity index is 1380. The summed E-state index contributed by atoms with van der Waals surface area (Å²) in [5.41, 5.74) is 0.339. The van der Waals surface area contributed by atoms with Crippen molar-refractivity contribution in [3.63, 3.8) is 0 Å². The molecule has 1 unspecified atom stereocenters. The van der Waals surface area contributed by atoms with Gasteiger partial charge in [0, 0.05) is 30.2 Å². The smallest absolute Gasteiger partial charge is 0.271 e. The second-order valence-electron chi connectivity index (χ2n) is 8.04. The monoisotopic (exact) mass is 588 g/mol. The summed E-state index contributed by atoms with van der Waals surface area (Å²) in [6.07, 6.45) is 0. The van der Waals surface area contributed by atoms with Gasteiger partial charge in [-0.05, 0) is 42.8 Å². The number of non-ortho nitro benzene ring substituents is 1. The molecule has 0 aliphatic rings. The number of nitro groups is 1. The summed E-state index contributed by atoms with van der Waals surface area (Å²) in [4.78, 5) is 38.0. The van der Waals surface area contributed by atoms with Crippen LogP contribution in [0.3, 0.4) is 0 Å². The Morgan fingerprint density at radius 1 is 1.03 bits per heavy atom. The van der Waals surface area contributed by atoms with Gasteiger partial charge in [-0.1, -0.05) is 52.3 Å². The minimum absolute atomic E-state index is 0.0366. The first kappa shape index (κ1) is 27.8. The zero-order valence-corrected chi connectivity index (χ0v) is 22.5. The Morgan fingerprint density at radius 2 is 1.68 bits per heavy atom. The summed E-state index contributed by atoms with van der Waals surface area (Å²) in [7, 11) is -2.86. The van der Waals surface area contributed by atoms with Gasteiger partial charge in [0.05, 0.1) is 15.5 Å². The number of amides is 2. The standard InChI is InChI=1S/C25H25BrN4O6S/c1-18(25(32)27-2)28(16-19-11-13-20(26)14-12-19)24(31)17-29(21-7-6-8-22(15-21)30(33)34)37(35,36)23-9-4-3-5-10-23/h3-15,18H,16-17H2,1-2H3,(H,27,32). The van der Waals surface area contributed by atoms with E-state index in [4.69, 9.17) is 0 Å².